The van der Waals surface area contributed by atoms with Gasteiger partial charge < -0.3 is 15.0 Å². The van der Waals surface area contributed by atoms with Crippen LogP contribution >= 0.6 is 55.8 Å². The lowest BCUT2D eigenvalue weighted by atomic mass is 9.86. The van der Waals surface area contributed by atoms with Gasteiger partial charge in [-0.1, -0.05) is 64.0 Å². The van der Waals surface area contributed by atoms with Gasteiger partial charge in [0, 0.05) is 45.7 Å². The van der Waals surface area contributed by atoms with Crippen molar-refractivity contribution in [3.8, 4) is 11.5 Å². The molecule has 2 aromatic rings. The Kier molecular flexibility index (Phi) is 9.97. The topological polar surface area (TPSA) is 41.6 Å². The van der Waals surface area contributed by atoms with E-state index in [0.717, 1.165) is 63.4 Å². The first-order valence-electron chi connectivity index (χ1n) is 12.9. The van der Waals surface area contributed by atoms with Gasteiger partial charge in [0.2, 0.25) is 5.91 Å². The highest BCUT2D eigenvalue weighted by Crippen LogP contribution is 2.46. The van der Waals surface area contributed by atoms with Crippen molar-refractivity contribution < 1.29 is 9.53 Å². The van der Waals surface area contributed by atoms with Crippen LogP contribution in [-0.2, 0) is 4.79 Å². The summed E-state index contributed by atoms with van der Waals surface area (Å²) in [5.74, 6) is 2.07. The number of fused-ring (bicyclic) bond motifs is 2. The zero-order valence-electron chi connectivity index (χ0n) is 20.1. The molecule has 5 rings (SSSR count). The molecule has 1 N–H and O–H groups in total. The van der Waals surface area contributed by atoms with Crippen LogP contribution in [0.3, 0.4) is 0 Å². The van der Waals surface area contributed by atoms with E-state index in [1.807, 2.05) is 36.4 Å². The van der Waals surface area contributed by atoms with Gasteiger partial charge in [0.15, 0.2) is 0 Å². The number of hydrogen-bond acceptors (Lipinski definition) is 3. The van der Waals surface area contributed by atoms with Crippen LogP contribution < -0.4 is 10.1 Å². The van der Waals surface area contributed by atoms with Gasteiger partial charge in [-0.15, -0.1) is 24.0 Å². The molecular formula is C28H35Br2IN2O2. The van der Waals surface area contributed by atoms with Crippen LogP contribution in [0.4, 0.5) is 0 Å². The lowest BCUT2D eigenvalue weighted by Gasteiger charge is -2.36. The number of carbonyl (C=O) groups is 1. The Morgan fingerprint density at radius 1 is 0.857 bits per heavy atom. The number of nitrogens with one attached hydrogen (secondary N) is 1. The SMILES string of the molecule is I.O=C(NC1CCN(CC2CCCCCCC2)CC1)C1c2cc(Br)ccc2Oc2ccc(Br)cc21. The lowest BCUT2D eigenvalue weighted by molar-refractivity contribution is -0.122. The molecule has 1 aliphatic carbocycles. The van der Waals surface area contributed by atoms with E-state index in [4.69, 9.17) is 4.74 Å². The van der Waals surface area contributed by atoms with E-state index >= 15 is 0 Å². The minimum atomic E-state index is -0.373. The molecule has 2 aromatic carbocycles. The number of benzene rings is 2. The van der Waals surface area contributed by atoms with E-state index in [2.05, 4.69) is 42.1 Å². The van der Waals surface area contributed by atoms with Gasteiger partial charge in [-0.2, -0.15) is 0 Å². The average molecular weight is 718 g/mol. The Morgan fingerprint density at radius 2 is 1.40 bits per heavy atom. The number of nitrogens with zero attached hydrogens (tertiary/aromatic N) is 1. The third kappa shape index (κ3) is 6.82. The van der Waals surface area contributed by atoms with Gasteiger partial charge in [-0.25, -0.2) is 0 Å². The smallest absolute Gasteiger partial charge is 0.232 e. The quantitative estimate of drug-likeness (QED) is 0.326. The highest BCUT2D eigenvalue weighted by molar-refractivity contribution is 14.0. The Bertz CT molecular complexity index is 967. The van der Waals surface area contributed by atoms with Gasteiger partial charge in [-0.05, 0) is 68.0 Å². The molecule has 0 unspecified atom stereocenters. The molecule has 1 amide bonds. The van der Waals surface area contributed by atoms with Gasteiger partial charge >= 0.3 is 0 Å². The summed E-state index contributed by atoms with van der Waals surface area (Å²) < 4.78 is 8.04. The minimum absolute atomic E-state index is 0. The zero-order chi connectivity index (χ0) is 23.5. The molecule has 7 heteroatoms. The average Bonchev–Trinajstić information content (AvgIpc) is 2.80. The molecule has 2 heterocycles. The molecular weight excluding hydrogens is 683 g/mol. The Labute approximate surface area is 243 Å². The summed E-state index contributed by atoms with van der Waals surface area (Å²) in [6.07, 6.45) is 11.9. The molecule has 0 bridgehead atoms. The van der Waals surface area contributed by atoms with Crippen molar-refractivity contribution in [3.63, 3.8) is 0 Å². The first kappa shape index (κ1) is 27.4. The summed E-state index contributed by atoms with van der Waals surface area (Å²) in [6, 6.07) is 12.1. The third-order valence-electron chi connectivity index (χ3n) is 7.72. The molecule has 0 aromatic heterocycles. The van der Waals surface area contributed by atoms with Crippen molar-refractivity contribution >= 4 is 61.7 Å². The fraction of sp³-hybridized carbons (Fsp3) is 0.536. The first-order chi connectivity index (χ1) is 16.6. The predicted octanol–water partition coefficient (Wildman–Crippen LogP) is 8.01. The summed E-state index contributed by atoms with van der Waals surface area (Å²) in [5.41, 5.74) is 1.83. The number of rotatable bonds is 4. The molecule has 0 atom stereocenters. The number of halogens is 3. The normalized spacial score (nSPS) is 19.9. The van der Waals surface area contributed by atoms with Gasteiger partial charge in [0.1, 0.15) is 11.5 Å². The van der Waals surface area contributed by atoms with Crippen LogP contribution in [0.5, 0.6) is 11.5 Å². The number of piperidine rings is 1. The van der Waals surface area contributed by atoms with Crippen molar-refractivity contribution in [1.82, 2.24) is 10.2 Å². The van der Waals surface area contributed by atoms with E-state index in [9.17, 15) is 4.79 Å². The summed E-state index contributed by atoms with van der Waals surface area (Å²) in [5, 5.41) is 3.40. The maximum Gasteiger partial charge on any atom is 0.232 e. The van der Waals surface area contributed by atoms with Crippen molar-refractivity contribution in [2.24, 2.45) is 5.92 Å². The van der Waals surface area contributed by atoms with E-state index in [1.54, 1.807) is 0 Å². The minimum Gasteiger partial charge on any atom is -0.457 e. The molecule has 190 valence electrons. The van der Waals surface area contributed by atoms with Crippen molar-refractivity contribution in [2.75, 3.05) is 19.6 Å². The highest BCUT2D eigenvalue weighted by Gasteiger charge is 2.34. The van der Waals surface area contributed by atoms with Crippen molar-refractivity contribution in [2.45, 2.75) is 69.7 Å². The molecule has 3 aliphatic rings. The maximum absolute atomic E-state index is 13.7. The summed E-state index contributed by atoms with van der Waals surface area (Å²) >= 11 is 7.15. The number of amides is 1. The fourth-order valence-corrected chi connectivity index (χ4v) is 6.63. The molecule has 1 saturated heterocycles. The molecule has 0 spiro atoms. The second-order valence-corrected chi connectivity index (χ2v) is 12.0. The zero-order valence-corrected chi connectivity index (χ0v) is 25.6. The summed E-state index contributed by atoms with van der Waals surface area (Å²) in [7, 11) is 0. The van der Waals surface area contributed by atoms with E-state index in [1.165, 1.54) is 51.5 Å². The van der Waals surface area contributed by atoms with Gasteiger partial charge in [0.05, 0.1) is 5.92 Å². The largest absolute Gasteiger partial charge is 0.457 e. The van der Waals surface area contributed by atoms with E-state index in [-0.39, 0.29) is 41.8 Å². The second-order valence-electron chi connectivity index (χ2n) is 10.2. The van der Waals surface area contributed by atoms with E-state index in [0.29, 0.717) is 0 Å². The number of hydrogen-bond donors (Lipinski definition) is 1. The fourth-order valence-electron chi connectivity index (χ4n) is 5.88. The molecule has 35 heavy (non-hydrogen) atoms. The molecule has 4 nitrogen and oxygen atoms in total. The van der Waals surface area contributed by atoms with Crippen molar-refractivity contribution in [3.05, 3.63) is 56.5 Å². The van der Waals surface area contributed by atoms with E-state index < -0.39 is 0 Å². The molecule has 2 aliphatic heterocycles. The van der Waals surface area contributed by atoms with Crippen LogP contribution in [0.25, 0.3) is 0 Å². The van der Waals surface area contributed by atoms with Gasteiger partial charge in [0.25, 0.3) is 0 Å². The maximum atomic E-state index is 13.7. The Hall–Kier alpha value is -0.640. The Morgan fingerprint density at radius 3 is 1.97 bits per heavy atom. The standard InChI is InChI=1S/C28H34Br2N2O2.HI/c29-20-8-10-25-23(16-20)27(24-17-21(30)9-11-26(24)34-25)28(33)31-22-12-14-32(15-13-22)18-19-6-4-2-1-3-5-7-19;/h8-11,16-17,19,22,27H,1-7,12-15,18H2,(H,31,33);1H. The number of likely N-dealkylation sites (tertiary alicyclic amines) is 1. The molecule has 2 fully saturated rings. The molecule has 0 radical (unpaired) electrons. The summed E-state index contributed by atoms with van der Waals surface area (Å²) in [6.45, 7) is 3.41. The van der Waals surface area contributed by atoms with Crippen LogP contribution in [0.15, 0.2) is 45.3 Å². The first-order valence-corrected chi connectivity index (χ1v) is 14.4. The predicted molar refractivity (Wildman–Crippen MR) is 159 cm³/mol. The number of ether oxygens (including phenoxy) is 1. The Balaban J connectivity index is 0.00000289. The highest BCUT2D eigenvalue weighted by atomic mass is 127. The van der Waals surface area contributed by atoms with Crippen molar-refractivity contribution in [1.29, 1.82) is 0 Å². The monoisotopic (exact) mass is 716 g/mol. The second kappa shape index (κ2) is 12.7. The van der Waals surface area contributed by atoms with Gasteiger partial charge in [-0.3, -0.25) is 4.79 Å². The van der Waals surface area contributed by atoms with Crippen LogP contribution in [0.1, 0.15) is 74.8 Å². The lowest BCUT2D eigenvalue weighted by Crippen LogP contribution is -2.47. The summed E-state index contributed by atoms with van der Waals surface area (Å²) in [4.78, 5) is 16.3. The third-order valence-corrected chi connectivity index (χ3v) is 8.71. The number of carbonyl (C=O) groups excluding carboxylic acids is 1. The van der Waals surface area contributed by atoms with Crippen LogP contribution in [0.2, 0.25) is 0 Å². The van der Waals surface area contributed by atoms with Crippen LogP contribution in [-0.4, -0.2) is 36.5 Å². The molecule has 1 saturated carbocycles. The van der Waals surface area contributed by atoms with Crippen LogP contribution in [0, 0.1) is 5.92 Å².